The molecule has 3 aromatic rings. The standard InChI is InChI=1S/C22H17ClN4O4/c1-12-5-3-7-15(9-12)26-20(29)18(19(28)24-22(26)31)11-17-13(2)25-27(21(17)30)16-8-4-6-14(23)10-16/h3-11,29H,1-2H3,(H,24,28,31). The number of aromatic nitrogens is 2. The molecule has 0 bridgehead atoms. The molecule has 2 aromatic carbocycles. The summed E-state index contributed by atoms with van der Waals surface area (Å²) < 4.78 is 0.974. The van der Waals surface area contributed by atoms with Gasteiger partial charge in [-0.1, -0.05) is 29.8 Å². The Balaban J connectivity index is 1.83. The van der Waals surface area contributed by atoms with E-state index in [0.29, 0.717) is 22.1 Å². The van der Waals surface area contributed by atoms with Crippen molar-refractivity contribution in [1.82, 2.24) is 9.55 Å². The van der Waals surface area contributed by atoms with Gasteiger partial charge in [-0.2, -0.15) is 10.1 Å². The molecule has 2 N–H and O–H groups in total. The van der Waals surface area contributed by atoms with E-state index < -0.39 is 23.0 Å². The lowest BCUT2D eigenvalue weighted by Gasteiger charge is -2.12. The molecule has 9 heteroatoms. The highest BCUT2D eigenvalue weighted by Crippen LogP contribution is 2.28. The topological polar surface area (TPSA) is 108 Å². The third-order valence-electron chi connectivity index (χ3n) is 4.78. The molecule has 0 atom stereocenters. The molecule has 0 unspecified atom stereocenters. The largest absolute Gasteiger partial charge is 0.494 e. The Hall–Kier alpha value is -3.91. The van der Waals surface area contributed by atoms with E-state index in [1.54, 1.807) is 49.4 Å². The number of hydrogen-bond acceptors (Lipinski definition) is 5. The molecule has 156 valence electrons. The fourth-order valence-corrected chi connectivity index (χ4v) is 3.47. The van der Waals surface area contributed by atoms with Gasteiger partial charge in [0.1, 0.15) is 5.56 Å². The Labute approximate surface area is 181 Å². The van der Waals surface area contributed by atoms with Gasteiger partial charge in [-0.15, -0.1) is 0 Å². The number of amides is 1. The number of rotatable bonds is 3. The second kappa shape index (κ2) is 7.73. The second-order valence-electron chi connectivity index (χ2n) is 7.01. The van der Waals surface area contributed by atoms with Crippen molar-refractivity contribution in [2.24, 2.45) is 5.10 Å². The minimum atomic E-state index is -0.819. The number of aromatic amines is 1. The van der Waals surface area contributed by atoms with E-state index in [1.807, 2.05) is 13.0 Å². The molecule has 0 spiro atoms. The van der Waals surface area contributed by atoms with Gasteiger partial charge in [-0.3, -0.25) is 14.6 Å². The maximum absolute atomic E-state index is 13.0. The number of aromatic hydroxyl groups is 1. The molecule has 8 nitrogen and oxygen atoms in total. The lowest BCUT2D eigenvalue weighted by atomic mass is 10.1. The third-order valence-corrected chi connectivity index (χ3v) is 5.02. The Morgan fingerprint density at radius 3 is 2.45 bits per heavy atom. The zero-order valence-corrected chi connectivity index (χ0v) is 17.3. The van der Waals surface area contributed by atoms with E-state index in [4.69, 9.17) is 11.6 Å². The van der Waals surface area contributed by atoms with Crippen molar-refractivity contribution < 1.29 is 9.90 Å². The van der Waals surface area contributed by atoms with Crippen molar-refractivity contribution in [3.05, 3.63) is 91.1 Å². The van der Waals surface area contributed by atoms with E-state index in [1.165, 1.54) is 6.08 Å². The van der Waals surface area contributed by atoms with E-state index in [0.717, 1.165) is 15.1 Å². The number of anilines is 1. The van der Waals surface area contributed by atoms with Crippen molar-refractivity contribution in [2.45, 2.75) is 13.8 Å². The highest BCUT2D eigenvalue weighted by Gasteiger charge is 2.30. The SMILES string of the molecule is CC1=NN(c2cccc(Cl)c2)C(=O)C1=Cc1c(O)n(-c2cccc(C)c2)c(=O)[nH]c1=O. The Morgan fingerprint density at radius 2 is 1.74 bits per heavy atom. The maximum Gasteiger partial charge on any atom is 0.335 e. The zero-order chi connectivity index (χ0) is 22.3. The number of hydrazone groups is 1. The normalized spacial score (nSPS) is 14.9. The van der Waals surface area contributed by atoms with Crippen molar-refractivity contribution >= 4 is 35.0 Å². The molecule has 1 aliphatic rings. The van der Waals surface area contributed by atoms with Crippen LogP contribution in [0.3, 0.4) is 0 Å². The monoisotopic (exact) mass is 436 g/mol. The first-order valence-corrected chi connectivity index (χ1v) is 9.66. The molecule has 4 rings (SSSR count). The number of nitrogens with zero attached hydrogens (tertiary/aromatic N) is 3. The van der Waals surface area contributed by atoms with Crippen LogP contribution >= 0.6 is 11.6 Å². The first-order chi connectivity index (χ1) is 14.8. The summed E-state index contributed by atoms with van der Waals surface area (Å²) in [6, 6.07) is 13.5. The molecule has 2 heterocycles. The van der Waals surface area contributed by atoms with Gasteiger partial charge in [0.2, 0.25) is 5.88 Å². The van der Waals surface area contributed by atoms with Gasteiger partial charge in [-0.25, -0.2) is 9.36 Å². The predicted molar refractivity (Wildman–Crippen MR) is 119 cm³/mol. The van der Waals surface area contributed by atoms with Gasteiger partial charge in [0.05, 0.1) is 22.7 Å². The van der Waals surface area contributed by atoms with Crippen molar-refractivity contribution in [2.75, 3.05) is 5.01 Å². The summed E-state index contributed by atoms with van der Waals surface area (Å²) in [4.78, 5) is 40.0. The molecule has 0 radical (unpaired) electrons. The summed E-state index contributed by atoms with van der Waals surface area (Å²) in [7, 11) is 0. The van der Waals surface area contributed by atoms with Crippen LogP contribution in [0.5, 0.6) is 5.88 Å². The van der Waals surface area contributed by atoms with Crippen molar-refractivity contribution in [3.8, 4) is 11.6 Å². The summed E-state index contributed by atoms with van der Waals surface area (Å²) in [5.74, 6) is -1.07. The summed E-state index contributed by atoms with van der Waals surface area (Å²) in [6.45, 7) is 3.44. The van der Waals surface area contributed by atoms with Gasteiger partial charge >= 0.3 is 5.69 Å². The molecular formula is C22H17ClN4O4. The fourth-order valence-electron chi connectivity index (χ4n) is 3.29. The summed E-state index contributed by atoms with van der Waals surface area (Å²) in [5, 5.41) is 16.6. The van der Waals surface area contributed by atoms with Crippen LogP contribution in [0, 0.1) is 6.92 Å². The molecule has 1 aromatic heterocycles. The Kier molecular flexibility index (Phi) is 5.08. The average Bonchev–Trinajstić information content (AvgIpc) is 2.99. The van der Waals surface area contributed by atoms with Crippen LogP contribution in [0.2, 0.25) is 5.02 Å². The molecule has 0 fully saturated rings. The van der Waals surface area contributed by atoms with Crippen LogP contribution in [0.15, 0.2) is 68.8 Å². The second-order valence-corrected chi connectivity index (χ2v) is 7.45. The number of benzene rings is 2. The van der Waals surface area contributed by atoms with Gasteiger partial charge in [0.25, 0.3) is 11.5 Å². The van der Waals surface area contributed by atoms with E-state index in [-0.39, 0.29) is 11.1 Å². The zero-order valence-electron chi connectivity index (χ0n) is 16.6. The van der Waals surface area contributed by atoms with Crippen LogP contribution < -0.4 is 16.3 Å². The van der Waals surface area contributed by atoms with Gasteiger partial charge in [-0.05, 0) is 55.8 Å². The maximum atomic E-state index is 13.0. The first-order valence-electron chi connectivity index (χ1n) is 9.29. The molecule has 31 heavy (non-hydrogen) atoms. The van der Waals surface area contributed by atoms with Crippen LogP contribution in [0.25, 0.3) is 11.8 Å². The van der Waals surface area contributed by atoms with Gasteiger partial charge in [0.15, 0.2) is 0 Å². The highest BCUT2D eigenvalue weighted by atomic mass is 35.5. The Bertz CT molecular complexity index is 1400. The predicted octanol–water partition coefficient (Wildman–Crippen LogP) is 3.00. The van der Waals surface area contributed by atoms with E-state index in [9.17, 15) is 19.5 Å². The molecule has 1 amide bonds. The van der Waals surface area contributed by atoms with Crippen LogP contribution in [-0.4, -0.2) is 26.3 Å². The van der Waals surface area contributed by atoms with Gasteiger partial charge in [0, 0.05) is 5.02 Å². The number of carbonyl (C=O) groups is 1. The quantitative estimate of drug-likeness (QED) is 0.615. The minimum Gasteiger partial charge on any atom is -0.494 e. The Morgan fingerprint density at radius 1 is 1.03 bits per heavy atom. The summed E-state index contributed by atoms with van der Waals surface area (Å²) in [5.41, 5.74) is 0.310. The highest BCUT2D eigenvalue weighted by molar-refractivity contribution is 6.33. The molecule has 1 aliphatic heterocycles. The third kappa shape index (κ3) is 3.69. The van der Waals surface area contributed by atoms with Gasteiger partial charge < -0.3 is 5.11 Å². The number of carbonyl (C=O) groups excluding carboxylic acids is 1. The van der Waals surface area contributed by atoms with Crippen molar-refractivity contribution in [1.29, 1.82) is 0 Å². The smallest absolute Gasteiger partial charge is 0.335 e. The molecular weight excluding hydrogens is 420 g/mol. The van der Waals surface area contributed by atoms with Crippen LogP contribution in [-0.2, 0) is 4.79 Å². The number of H-pyrrole nitrogens is 1. The minimum absolute atomic E-state index is 0.107. The number of hydrogen-bond donors (Lipinski definition) is 2. The molecule has 0 saturated carbocycles. The first kappa shape index (κ1) is 20.4. The van der Waals surface area contributed by atoms with E-state index >= 15 is 0 Å². The lowest BCUT2D eigenvalue weighted by Crippen LogP contribution is -2.30. The number of nitrogens with one attached hydrogen (secondary N) is 1. The number of halogens is 1. The summed E-state index contributed by atoms with van der Waals surface area (Å²) in [6.07, 6.45) is 1.23. The molecule has 0 saturated heterocycles. The number of aryl methyl sites for hydroxylation is 1. The fraction of sp³-hybridized carbons (Fsp3) is 0.0909. The van der Waals surface area contributed by atoms with Crippen LogP contribution in [0.4, 0.5) is 5.69 Å². The summed E-state index contributed by atoms with van der Waals surface area (Å²) >= 11 is 6.00. The average molecular weight is 437 g/mol. The lowest BCUT2D eigenvalue weighted by molar-refractivity contribution is -0.114. The van der Waals surface area contributed by atoms with Crippen LogP contribution in [0.1, 0.15) is 18.1 Å². The molecule has 0 aliphatic carbocycles. The van der Waals surface area contributed by atoms with Crippen molar-refractivity contribution in [3.63, 3.8) is 0 Å². The van der Waals surface area contributed by atoms with E-state index in [2.05, 4.69) is 10.1 Å².